The van der Waals surface area contributed by atoms with Gasteiger partial charge in [0.25, 0.3) is 5.91 Å². The number of carbonyl (C=O) groups excluding carboxylic acids is 1. The predicted octanol–water partition coefficient (Wildman–Crippen LogP) is 4.08. The molecule has 0 unspecified atom stereocenters. The van der Waals surface area contributed by atoms with Crippen molar-refractivity contribution < 1.29 is 9.53 Å². The number of imidazole rings is 1. The number of ether oxygens (including phenoxy) is 1. The molecule has 0 N–H and O–H groups in total. The van der Waals surface area contributed by atoms with Crippen LogP contribution in [0.4, 0.5) is 0 Å². The topological polar surface area (TPSA) is 50.1 Å². The Hall–Kier alpha value is -3.64. The molecule has 1 amide bonds. The van der Waals surface area contributed by atoms with Crippen LogP contribution in [0.25, 0.3) is 5.65 Å². The molecule has 2 aromatic heterocycles. The summed E-state index contributed by atoms with van der Waals surface area (Å²) in [4.78, 5) is 22.0. The Kier molecular flexibility index (Phi) is 5.37. The van der Waals surface area contributed by atoms with Gasteiger partial charge in [0.1, 0.15) is 17.1 Å². The summed E-state index contributed by atoms with van der Waals surface area (Å²) >= 11 is 0. The molecule has 6 heteroatoms. The zero-order valence-electron chi connectivity index (χ0n) is 17.2. The van der Waals surface area contributed by atoms with Crippen molar-refractivity contribution in [3.05, 3.63) is 96.4 Å². The molecule has 5 rings (SSSR count). The van der Waals surface area contributed by atoms with Gasteiger partial charge in [0.2, 0.25) is 0 Å². The van der Waals surface area contributed by atoms with Crippen LogP contribution in [0.3, 0.4) is 0 Å². The predicted molar refractivity (Wildman–Crippen MR) is 119 cm³/mol. The molecule has 4 aromatic rings. The van der Waals surface area contributed by atoms with Gasteiger partial charge in [-0.25, -0.2) is 4.98 Å². The van der Waals surface area contributed by atoms with E-state index in [1.54, 1.807) is 0 Å². The molecule has 1 aliphatic rings. The monoisotopic (exact) mass is 412 g/mol. The van der Waals surface area contributed by atoms with Crippen molar-refractivity contribution in [2.75, 3.05) is 26.2 Å². The first-order valence-corrected chi connectivity index (χ1v) is 10.5. The molecule has 1 fully saturated rings. The zero-order valence-corrected chi connectivity index (χ0v) is 17.2. The Bertz CT molecular complexity index is 1180. The van der Waals surface area contributed by atoms with Gasteiger partial charge in [-0.1, -0.05) is 36.4 Å². The number of piperazine rings is 1. The third kappa shape index (κ3) is 4.15. The molecule has 0 saturated carbocycles. The number of pyridine rings is 1. The van der Waals surface area contributed by atoms with Crippen molar-refractivity contribution in [1.82, 2.24) is 19.2 Å². The normalized spacial score (nSPS) is 14.6. The molecule has 2 aromatic carbocycles. The first-order chi connectivity index (χ1) is 15.3. The van der Waals surface area contributed by atoms with Crippen LogP contribution in [0.15, 0.2) is 85.2 Å². The van der Waals surface area contributed by atoms with E-state index >= 15 is 0 Å². The third-order valence-electron chi connectivity index (χ3n) is 5.63. The second-order valence-corrected chi connectivity index (χ2v) is 7.66. The van der Waals surface area contributed by atoms with Gasteiger partial charge >= 0.3 is 0 Å². The van der Waals surface area contributed by atoms with Crippen molar-refractivity contribution in [2.45, 2.75) is 6.54 Å². The number of nitrogens with zero attached hydrogens (tertiary/aromatic N) is 4. The second-order valence-electron chi connectivity index (χ2n) is 7.66. The van der Waals surface area contributed by atoms with E-state index < -0.39 is 0 Å². The molecule has 1 aliphatic heterocycles. The van der Waals surface area contributed by atoms with Crippen LogP contribution in [0.2, 0.25) is 0 Å². The minimum absolute atomic E-state index is 0.0148. The number of benzene rings is 2. The molecule has 6 nitrogen and oxygen atoms in total. The summed E-state index contributed by atoms with van der Waals surface area (Å²) in [6.07, 6.45) is 3.98. The molecule has 31 heavy (non-hydrogen) atoms. The van der Waals surface area contributed by atoms with Gasteiger partial charge in [-0.05, 0) is 36.4 Å². The fourth-order valence-corrected chi connectivity index (χ4v) is 3.96. The Morgan fingerprint density at radius 3 is 2.45 bits per heavy atom. The fraction of sp³-hybridized carbons (Fsp3) is 0.200. The molecular weight excluding hydrogens is 388 g/mol. The summed E-state index contributed by atoms with van der Waals surface area (Å²) in [6.45, 7) is 3.85. The summed E-state index contributed by atoms with van der Waals surface area (Å²) < 4.78 is 8.11. The second kappa shape index (κ2) is 8.62. The van der Waals surface area contributed by atoms with E-state index in [1.807, 2.05) is 90.1 Å². The maximum atomic E-state index is 13.2. The van der Waals surface area contributed by atoms with E-state index in [9.17, 15) is 4.79 Å². The van der Waals surface area contributed by atoms with Crippen LogP contribution in [-0.4, -0.2) is 51.3 Å². The average Bonchev–Trinajstić information content (AvgIpc) is 3.23. The van der Waals surface area contributed by atoms with Crippen LogP contribution >= 0.6 is 0 Å². The maximum Gasteiger partial charge on any atom is 0.257 e. The van der Waals surface area contributed by atoms with Crippen LogP contribution < -0.4 is 4.74 Å². The number of fused-ring (bicyclic) bond motifs is 1. The minimum Gasteiger partial charge on any atom is -0.457 e. The average molecular weight is 412 g/mol. The standard InChI is InChI=1S/C25H24N4O2/c30-25(22-10-4-5-11-23(22)31-21-8-2-1-3-9-21)28-16-14-27(15-17-28)19-20-18-26-24-12-6-7-13-29(20)24/h1-13,18H,14-17,19H2. The zero-order chi connectivity index (χ0) is 21.0. The molecule has 1 saturated heterocycles. The molecule has 0 spiro atoms. The van der Waals surface area contributed by atoms with Crippen molar-refractivity contribution >= 4 is 11.6 Å². The fourth-order valence-electron chi connectivity index (χ4n) is 3.96. The van der Waals surface area contributed by atoms with E-state index in [2.05, 4.69) is 14.3 Å². The number of aromatic nitrogens is 2. The van der Waals surface area contributed by atoms with Gasteiger partial charge in [0.15, 0.2) is 0 Å². The van der Waals surface area contributed by atoms with Crippen LogP contribution in [-0.2, 0) is 6.54 Å². The smallest absolute Gasteiger partial charge is 0.257 e. The lowest BCUT2D eigenvalue weighted by atomic mass is 10.1. The van der Waals surface area contributed by atoms with Gasteiger partial charge in [-0.3, -0.25) is 9.69 Å². The number of hydrogen-bond acceptors (Lipinski definition) is 4. The molecule has 0 atom stereocenters. The molecule has 0 bridgehead atoms. The first-order valence-electron chi connectivity index (χ1n) is 10.5. The van der Waals surface area contributed by atoms with E-state index in [4.69, 9.17) is 4.74 Å². The minimum atomic E-state index is 0.0148. The number of hydrogen-bond donors (Lipinski definition) is 0. The van der Waals surface area contributed by atoms with E-state index in [1.165, 1.54) is 0 Å². The van der Waals surface area contributed by atoms with Crippen LogP contribution in [0, 0.1) is 0 Å². The summed E-state index contributed by atoms with van der Waals surface area (Å²) in [7, 11) is 0. The SMILES string of the molecule is O=C(c1ccccc1Oc1ccccc1)N1CCN(Cc2cnc3ccccn23)CC1. The van der Waals surface area contributed by atoms with Crippen LogP contribution in [0.1, 0.15) is 16.1 Å². The Morgan fingerprint density at radius 1 is 0.871 bits per heavy atom. The summed E-state index contributed by atoms with van der Waals surface area (Å²) in [5.41, 5.74) is 2.72. The van der Waals surface area contributed by atoms with Gasteiger partial charge in [0, 0.05) is 38.9 Å². The highest BCUT2D eigenvalue weighted by molar-refractivity contribution is 5.97. The molecule has 0 radical (unpaired) electrons. The molecule has 3 heterocycles. The largest absolute Gasteiger partial charge is 0.457 e. The number of carbonyl (C=O) groups is 1. The van der Waals surface area contributed by atoms with Gasteiger partial charge in [0.05, 0.1) is 17.5 Å². The lowest BCUT2D eigenvalue weighted by Crippen LogP contribution is -2.48. The van der Waals surface area contributed by atoms with Crippen molar-refractivity contribution in [1.29, 1.82) is 0 Å². The van der Waals surface area contributed by atoms with Gasteiger partial charge < -0.3 is 14.0 Å². The van der Waals surface area contributed by atoms with E-state index in [0.29, 0.717) is 24.4 Å². The van der Waals surface area contributed by atoms with Crippen molar-refractivity contribution in [2.24, 2.45) is 0 Å². The number of para-hydroxylation sites is 2. The third-order valence-corrected chi connectivity index (χ3v) is 5.63. The van der Waals surface area contributed by atoms with Crippen molar-refractivity contribution in [3.63, 3.8) is 0 Å². The molecule has 0 aliphatic carbocycles. The highest BCUT2D eigenvalue weighted by Gasteiger charge is 2.25. The van der Waals surface area contributed by atoms with Crippen molar-refractivity contribution in [3.8, 4) is 11.5 Å². The Balaban J connectivity index is 1.24. The maximum absolute atomic E-state index is 13.2. The quantitative estimate of drug-likeness (QED) is 0.496. The Morgan fingerprint density at radius 2 is 1.61 bits per heavy atom. The van der Waals surface area contributed by atoms with Gasteiger partial charge in [-0.2, -0.15) is 0 Å². The lowest BCUT2D eigenvalue weighted by molar-refractivity contribution is 0.0624. The highest BCUT2D eigenvalue weighted by Crippen LogP contribution is 2.26. The van der Waals surface area contributed by atoms with Crippen LogP contribution in [0.5, 0.6) is 11.5 Å². The van der Waals surface area contributed by atoms with E-state index in [-0.39, 0.29) is 5.91 Å². The summed E-state index contributed by atoms with van der Waals surface area (Å²) in [6, 6.07) is 23.0. The summed E-state index contributed by atoms with van der Waals surface area (Å²) in [5.74, 6) is 1.33. The van der Waals surface area contributed by atoms with Gasteiger partial charge in [-0.15, -0.1) is 0 Å². The number of rotatable bonds is 5. The number of amides is 1. The first kappa shape index (κ1) is 19.3. The Labute approximate surface area is 181 Å². The van der Waals surface area contributed by atoms with E-state index in [0.717, 1.165) is 36.7 Å². The summed E-state index contributed by atoms with van der Waals surface area (Å²) in [5, 5.41) is 0. The highest BCUT2D eigenvalue weighted by atomic mass is 16.5. The molecule has 156 valence electrons. The molecular formula is C25H24N4O2. The lowest BCUT2D eigenvalue weighted by Gasteiger charge is -2.34.